The fourth-order valence-corrected chi connectivity index (χ4v) is 7.49. The third-order valence-corrected chi connectivity index (χ3v) is 9.67. The van der Waals surface area contributed by atoms with Crippen molar-refractivity contribution in [1.82, 2.24) is 9.13 Å². The van der Waals surface area contributed by atoms with Crippen LogP contribution in [0.1, 0.15) is 31.0 Å². The Hall–Kier alpha value is -5.61. The Morgan fingerprint density at radius 1 is 0.939 bits per heavy atom. The van der Waals surface area contributed by atoms with E-state index in [0.29, 0.717) is 45.2 Å². The lowest BCUT2D eigenvalue weighted by molar-refractivity contribution is -0.139. The summed E-state index contributed by atoms with van der Waals surface area (Å²) in [4.78, 5) is 33.5. The molecule has 7 rings (SSSR count). The number of fused-ring (bicyclic) bond motifs is 3. The number of esters is 1. The molecule has 0 unspecified atom stereocenters. The second-order valence-electron chi connectivity index (χ2n) is 11.5. The number of hydrogen-bond donors (Lipinski definition) is 0. The van der Waals surface area contributed by atoms with Crippen molar-refractivity contribution >= 4 is 45.1 Å². The summed E-state index contributed by atoms with van der Waals surface area (Å²) in [6, 6.07) is 26.5. The van der Waals surface area contributed by atoms with E-state index in [2.05, 4.69) is 10.6 Å². The Balaban J connectivity index is 1.39. The molecule has 0 saturated carbocycles. The zero-order valence-electron chi connectivity index (χ0n) is 27.6. The largest absolute Gasteiger partial charge is 0.497 e. The van der Waals surface area contributed by atoms with Crippen LogP contribution in [0.4, 0.5) is 0 Å². The lowest BCUT2D eigenvalue weighted by Crippen LogP contribution is -2.40. The first kappa shape index (κ1) is 32.0. The summed E-state index contributed by atoms with van der Waals surface area (Å²) in [5.41, 5.74) is 3.07. The third-order valence-electron chi connectivity index (χ3n) is 8.69. The summed E-state index contributed by atoms with van der Waals surface area (Å²) in [6.45, 7) is 4.81. The van der Waals surface area contributed by atoms with E-state index in [9.17, 15) is 9.59 Å². The van der Waals surface area contributed by atoms with E-state index in [1.807, 2.05) is 91.1 Å². The van der Waals surface area contributed by atoms with Crippen LogP contribution in [0.3, 0.4) is 0 Å². The van der Waals surface area contributed by atoms with Crippen LogP contribution in [0.5, 0.6) is 17.2 Å². The number of benzene rings is 4. The molecule has 1 aliphatic heterocycles. The molecule has 0 fully saturated rings. The third kappa shape index (κ3) is 5.89. The molecule has 10 heteroatoms. The standard InChI is InChI=1S/C39H35N3O6S/c1-5-47-38(44)34-24(2)40-39-42(36(34)35-30-22-28(45-3)17-15-25(30)16-18-32(35)46-4)37(43)33(49-39)21-26-23-41(31-14-10-9-13-29(26)31)19-20-48-27-11-7-6-8-12-27/h6-18,21-23,36H,5,19-20H2,1-4H3/b33-21-/t36-/m1/s1. The lowest BCUT2D eigenvalue weighted by atomic mass is 9.90. The molecule has 248 valence electrons. The maximum Gasteiger partial charge on any atom is 0.338 e. The number of carbonyl (C=O) groups excluding carboxylic acids is 1. The number of carbonyl (C=O) groups is 1. The van der Waals surface area contributed by atoms with Gasteiger partial charge < -0.3 is 23.5 Å². The second kappa shape index (κ2) is 13.5. The van der Waals surface area contributed by atoms with Crippen LogP contribution in [0, 0.1) is 0 Å². The smallest absolute Gasteiger partial charge is 0.338 e. The van der Waals surface area contributed by atoms with Crippen LogP contribution < -0.4 is 29.1 Å². The summed E-state index contributed by atoms with van der Waals surface area (Å²) in [5, 5.41) is 2.70. The van der Waals surface area contributed by atoms with Crippen LogP contribution in [0.15, 0.2) is 112 Å². The molecule has 0 amide bonds. The van der Waals surface area contributed by atoms with E-state index in [1.165, 1.54) is 11.3 Å². The van der Waals surface area contributed by atoms with Gasteiger partial charge in [-0.25, -0.2) is 9.79 Å². The van der Waals surface area contributed by atoms with Gasteiger partial charge in [0.25, 0.3) is 5.56 Å². The molecule has 1 atom stereocenters. The molecule has 0 aliphatic carbocycles. The van der Waals surface area contributed by atoms with Crippen molar-refractivity contribution < 1.29 is 23.7 Å². The van der Waals surface area contributed by atoms with Crippen molar-refractivity contribution in [1.29, 1.82) is 0 Å². The van der Waals surface area contributed by atoms with Gasteiger partial charge in [0.1, 0.15) is 29.9 Å². The molecule has 9 nitrogen and oxygen atoms in total. The first-order valence-electron chi connectivity index (χ1n) is 16.0. The van der Waals surface area contributed by atoms with Crippen molar-refractivity contribution in [2.24, 2.45) is 4.99 Å². The minimum atomic E-state index is -0.861. The predicted molar refractivity (Wildman–Crippen MR) is 191 cm³/mol. The van der Waals surface area contributed by atoms with Crippen LogP contribution in [-0.2, 0) is 16.1 Å². The summed E-state index contributed by atoms with van der Waals surface area (Å²) in [5.74, 6) is 1.44. The van der Waals surface area contributed by atoms with E-state index in [0.717, 1.165) is 33.0 Å². The molecule has 4 aromatic carbocycles. The number of aromatic nitrogens is 2. The fourth-order valence-electron chi connectivity index (χ4n) is 6.45. The number of thiazole rings is 1. The highest BCUT2D eigenvalue weighted by atomic mass is 32.1. The maximum atomic E-state index is 14.6. The molecule has 0 saturated heterocycles. The molecule has 0 spiro atoms. The highest BCUT2D eigenvalue weighted by Gasteiger charge is 2.36. The van der Waals surface area contributed by atoms with Crippen molar-refractivity contribution in [3.63, 3.8) is 0 Å². The van der Waals surface area contributed by atoms with Gasteiger partial charge in [-0.3, -0.25) is 9.36 Å². The number of methoxy groups -OCH3 is 2. The molecule has 0 radical (unpaired) electrons. The number of rotatable bonds is 10. The van der Waals surface area contributed by atoms with Gasteiger partial charge in [0.05, 0.1) is 43.2 Å². The Morgan fingerprint density at radius 3 is 2.49 bits per heavy atom. The zero-order valence-corrected chi connectivity index (χ0v) is 28.5. The average molecular weight is 674 g/mol. The van der Waals surface area contributed by atoms with Gasteiger partial charge in [-0.1, -0.05) is 59.9 Å². The molecule has 0 bridgehead atoms. The number of para-hydroxylation sites is 2. The predicted octanol–water partition coefficient (Wildman–Crippen LogP) is 6.00. The van der Waals surface area contributed by atoms with Gasteiger partial charge in [0.15, 0.2) is 4.80 Å². The first-order valence-corrected chi connectivity index (χ1v) is 16.8. The average Bonchev–Trinajstić information content (AvgIpc) is 3.63. The normalized spacial score (nSPS) is 14.5. The second-order valence-corrected chi connectivity index (χ2v) is 12.5. The Bertz CT molecular complexity index is 2420. The van der Waals surface area contributed by atoms with E-state index in [4.69, 9.17) is 23.9 Å². The SMILES string of the molecule is CCOC(=O)C1=C(C)N=c2s/c(=C\c3cn(CCOc4ccccc4)c4ccccc34)c(=O)n2[C@H]1c1c(OC)ccc2ccc(OC)cc12. The highest BCUT2D eigenvalue weighted by molar-refractivity contribution is 7.07. The topological polar surface area (TPSA) is 93.3 Å². The number of allylic oxidation sites excluding steroid dienone is 1. The molecule has 6 aromatic rings. The molecule has 0 N–H and O–H groups in total. The molecular formula is C39H35N3O6S. The van der Waals surface area contributed by atoms with Crippen LogP contribution >= 0.6 is 11.3 Å². The first-order chi connectivity index (χ1) is 23.9. The van der Waals surface area contributed by atoms with E-state index >= 15 is 0 Å². The molecule has 3 heterocycles. The van der Waals surface area contributed by atoms with Crippen LogP contribution in [-0.4, -0.2) is 42.5 Å². The highest BCUT2D eigenvalue weighted by Crippen LogP contribution is 2.41. The number of hydrogen-bond acceptors (Lipinski definition) is 8. The monoisotopic (exact) mass is 673 g/mol. The van der Waals surface area contributed by atoms with Gasteiger partial charge in [-0.15, -0.1) is 0 Å². The molecule has 49 heavy (non-hydrogen) atoms. The van der Waals surface area contributed by atoms with Crippen LogP contribution in [0.25, 0.3) is 27.8 Å². The van der Waals surface area contributed by atoms with Crippen molar-refractivity contribution in [2.75, 3.05) is 27.4 Å². The van der Waals surface area contributed by atoms with Gasteiger partial charge >= 0.3 is 5.97 Å². The van der Waals surface area contributed by atoms with Gasteiger partial charge in [0.2, 0.25) is 0 Å². The van der Waals surface area contributed by atoms with Gasteiger partial charge in [-0.05, 0) is 67.1 Å². The molecule has 2 aromatic heterocycles. The van der Waals surface area contributed by atoms with E-state index < -0.39 is 12.0 Å². The van der Waals surface area contributed by atoms with Crippen molar-refractivity contribution in [3.8, 4) is 17.2 Å². The van der Waals surface area contributed by atoms with Gasteiger partial charge in [-0.2, -0.15) is 0 Å². The quantitative estimate of drug-likeness (QED) is 0.166. The summed E-state index contributed by atoms with van der Waals surface area (Å²) >= 11 is 1.29. The fraction of sp³-hybridized carbons (Fsp3) is 0.205. The van der Waals surface area contributed by atoms with E-state index in [-0.39, 0.29) is 17.7 Å². The minimum Gasteiger partial charge on any atom is -0.497 e. The summed E-state index contributed by atoms with van der Waals surface area (Å²) in [6.07, 6.45) is 3.95. The molecule has 1 aliphatic rings. The van der Waals surface area contributed by atoms with Crippen LogP contribution in [0.2, 0.25) is 0 Å². The van der Waals surface area contributed by atoms with Gasteiger partial charge in [0, 0.05) is 28.2 Å². The Morgan fingerprint density at radius 2 is 1.71 bits per heavy atom. The molecular weight excluding hydrogens is 639 g/mol. The van der Waals surface area contributed by atoms with Crippen molar-refractivity contribution in [3.05, 3.63) is 133 Å². The zero-order chi connectivity index (χ0) is 34.1. The Kier molecular flexibility index (Phi) is 8.79. The maximum absolute atomic E-state index is 14.6. The minimum absolute atomic E-state index is 0.174. The summed E-state index contributed by atoms with van der Waals surface area (Å²) in [7, 11) is 3.18. The van der Waals surface area contributed by atoms with E-state index in [1.54, 1.807) is 32.6 Å². The number of ether oxygens (including phenoxy) is 4. The summed E-state index contributed by atoms with van der Waals surface area (Å²) < 4.78 is 27.2. The number of nitrogens with zero attached hydrogens (tertiary/aromatic N) is 3. The lowest BCUT2D eigenvalue weighted by Gasteiger charge is -2.27. The van der Waals surface area contributed by atoms with Crippen molar-refractivity contribution in [2.45, 2.75) is 26.4 Å². The Labute approximate surface area is 286 Å².